The molecule has 1 fully saturated rings. The largest absolute Gasteiger partial charge is 0.433 e. The number of carbonyl (C=O) groups excluding carboxylic acids is 1. The Balaban J connectivity index is 1.44. The van der Waals surface area contributed by atoms with E-state index >= 15 is 0 Å². The summed E-state index contributed by atoms with van der Waals surface area (Å²) < 4.78 is 10.3. The minimum atomic E-state index is -0.670. The van der Waals surface area contributed by atoms with Crippen molar-refractivity contribution >= 4 is 22.8 Å². The number of carbonyl (C=O) groups is 1. The van der Waals surface area contributed by atoms with Gasteiger partial charge in [0, 0.05) is 44.2 Å². The number of aryl methyl sites for hydroxylation is 1. The maximum atomic E-state index is 12.5. The third-order valence-electron chi connectivity index (χ3n) is 5.02. The van der Waals surface area contributed by atoms with Gasteiger partial charge >= 0.3 is 11.5 Å². The Morgan fingerprint density at radius 1 is 1.10 bits per heavy atom. The van der Waals surface area contributed by atoms with Crippen molar-refractivity contribution in [1.82, 2.24) is 9.80 Å². The molecule has 1 amide bonds. The van der Waals surface area contributed by atoms with E-state index in [1.807, 2.05) is 25.1 Å². The van der Waals surface area contributed by atoms with Crippen LogP contribution in [0.3, 0.4) is 0 Å². The van der Waals surface area contributed by atoms with Gasteiger partial charge in [0.2, 0.25) is 0 Å². The van der Waals surface area contributed by atoms with E-state index in [0.717, 1.165) is 16.5 Å². The average molecular weight is 397 g/mol. The molecular formula is C20H19N3O6. The zero-order chi connectivity index (χ0) is 20.5. The summed E-state index contributed by atoms with van der Waals surface area (Å²) in [5.74, 6) is -0.844. The van der Waals surface area contributed by atoms with Gasteiger partial charge < -0.3 is 13.7 Å². The van der Waals surface area contributed by atoms with Crippen LogP contribution < -0.4 is 5.63 Å². The Hall–Kier alpha value is -3.46. The van der Waals surface area contributed by atoms with Crippen LogP contribution in [0.2, 0.25) is 0 Å². The zero-order valence-electron chi connectivity index (χ0n) is 15.8. The second-order valence-electron chi connectivity index (χ2n) is 7.05. The monoisotopic (exact) mass is 397 g/mol. The van der Waals surface area contributed by atoms with E-state index in [1.165, 1.54) is 18.2 Å². The summed E-state index contributed by atoms with van der Waals surface area (Å²) >= 11 is 0. The van der Waals surface area contributed by atoms with Gasteiger partial charge in [-0.25, -0.2) is 4.79 Å². The Bertz CT molecular complexity index is 1140. The normalized spacial score (nSPS) is 15.0. The van der Waals surface area contributed by atoms with Gasteiger partial charge in [0.25, 0.3) is 5.91 Å². The Morgan fingerprint density at radius 3 is 2.55 bits per heavy atom. The lowest BCUT2D eigenvalue weighted by Gasteiger charge is -2.34. The predicted octanol–water partition coefficient (Wildman–Crippen LogP) is 2.56. The fraction of sp³-hybridized carbons (Fsp3) is 0.300. The van der Waals surface area contributed by atoms with Crippen molar-refractivity contribution in [2.75, 3.05) is 26.2 Å². The number of piperazine rings is 1. The first-order valence-electron chi connectivity index (χ1n) is 9.20. The van der Waals surface area contributed by atoms with E-state index in [9.17, 15) is 19.7 Å². The minimum absolute atomic E-state index is 0.0350. The van der Waals surface area contributed by atoms with E-state index in [0.29, 0.717) is 38.3 Å². The molecule has 0 radical (unpaired) electrons. The second kappa shape index (κ2) is 7.51. The fourth-order valence-electron chi connectivity index (χ4n) is 3.51. The molecule has 0 spiro atoms. The molecule has 3 aromatic rings. The number of hydrogen-bond acceptors (Lipinski definition) is 7. The summed E-state index contributed by atoms with van der Waals surface area (Å²) in [6, 6.07) is 9.79. The van der Waals surface area contributed by atoms with Crippen LogP contribution >= 0.6 is 0 Å². The zero-order valence-corrected chi connectivity index (χ0v) is 15.8. The van der Waals surface area contributed by atoms with Crippen LogP contribution in [-0.2, 0) is 6.54 Å². The molecule has 0 aliphatic carbocycles. The van der Waals surface area contributed by atoms with Crippen molar-refractivity contribution < 1.29 is 18.6 Å². The molecule has 2 aromatic heterocycles. The number of nitrogens with zero attached hydrogens (tertiary/aromatic N) is 3. The lowest BCUT2D eigenvalue weighted by Crippen LogP contribution is -2.48. The van der Waals surface area contributed by atoms with Gasteiger partial charge in [0.05, 0.1) is 6.07 Å². The maximum Gasteiger partial charge on any atom is 0.433 e. The molecule has 0 bridgehead atoms. The first kappa shape index (κ1) is 18.9. The molecule has 0 atom stereocenters. The summed E-state index contributed by atoms with van der Waals surface area (Å²) in [6.45, 7) is 4.66. The van der Waals surface area contributed by atoms with E-state index in [2.05, 4.69) is 4.90 Å². The highest BCUT2D eigenvalue weighted by Gasteiger charge is 2.26. The second-order valence-corrected chi connectivity index (χ2v) is 7.05. The van der Waals surface area contributed by atoms with Crippen LogP contribution in [0.15, 0.2) is 50.0 Å². The summed E-state index contributed by atoms with van der Waals surface area (Å²) in [5, 5.41) is 11.6. The van der Waals surface area contributed by atoms with E-state index < -0.39 is 10.8 Å². The first-order chi connectivity index (χ1) is 13.9. The molecule has 4 rings (SSSR count). The van der Waals surface area contributed by atoms with Crippen LogP contribution in [0.1, 0.15) is 21.7 Å². The molecule has 150 valence electrons. The van der Waals surface area contributed by atoms with Gasteiger partial charge in [0.1, 0.15) is 10.5 Å². The van der Waals surface area contributed by atoms with Gasteiger partial charge in [-0.05, 0) is 30.2 Å². The SMILES string of the molecule is Cc1ccc2c(CN3CCN(C(=O)c4ccc([N+](=O)[O-])o4)CC3)cc(=O)oc2c1. The maximum absolute atomic E-state index is 12.5. The molecule has 9 nitrogen and oxygen atoms in total. The highest BCUT2D eigenvalue weighted by Crippen LogP contribution is 2.21. The molecule has 1 saturated heterocycles. The lowest BCUT2D eigenvalue weighted by molar-refractivity contribution is -0.402. The number of rotatable bonds is 4. The molecule has 1 aromatic carbocycles. The Morgan fingerprint density at radius 2 is 1.86 bits per heavy atom. The van der Waals surface area contributed by atoms with Crippen LogP contribution in [-0.4, -0.2) is 46.8 Å². The molecule has 0 saturated carbocycles. The number of fused-ring (bicyclic) bond motifs is 1. The predicted molar refractivity (Wildman–Crippen MR) is 104 cm³/mol. The van der Waals surface area contributed by atoms with Crippen molar-refractivity contribution in [1.29, 1.82) is 0 Å². The molecular weight excluding hydrogens is 378 g/mol. The summed E-state index contributed by atoms with van der Waals surface area (Å²) in [7, 11) is 0. The number of benzene rings is 1. The van der Waals surface area contributed by atoms with Crippen LogP contribution in [0.25, 0.3) is 11.0 Å². The van der Waals surface area contributed by atoms with Crippen molar-refractivity contribution in [2.45, 2.75) is 13.5 Å². The molecule has 0 N–H and O–H groups in total. The highest BCUT2D eigenvalue weighted by molar-refractivity contribution is 5.91. The topological polar surface area (TPSA) is 110 Å². The minimum Gasteiger partial charge on any atom is -0.423 e. The Kier molecular flexibility index (Phi) is 4.89. The number of amides is 1. The van der Waals surface area contributed by atoms with Gasteiger partial charge in [-0.15, -0.1) is 0 Å². The third-order valence-corrected chi connectivity index (χ3v) is 5.02. The van der Waals surface area contributed by atoms with Crippen molar-refractivity contribution in [2.24, 2.45) is 0 Å². The highest BCUT2D eigenvalue weighted by atomic mass is 16.6. The van der Waals surface area contributed by atoms with E-state index in [4.69, 9.17) is 8.83 Å². The van der Waals surface area contributed by atoms with Crippen molar-refractivity contribution in [3.63, 3.8) is 0 Å². The summed E-state index contributed by atoms with van der Waals surface area (Å²) in [6.07, 6.45) is 0. The third kappa shape index (κ3) is 3.90. The van der Waals surface area contributed by atoms with Crippen LogP contribution in [0.4, 0.5) is 5.88 Å². The van der Waals surface area contributed by atoms with Gasteiger partial charge in [-0.3, -0.25) is 19.8 Å². The summed E-state index contributed by atoms with van der Waals surface area (Å²) in [5.41, 5.74) is 2.09. The molecule has 1 aliphatic rings. The number of nitro groups is 1. The standard InChI is InChI=1S/C20H19N3O6/c1-13-2-3-15-14(11-19(24)29-17(15)10-13)12-21-6-8-22(9-7-21)20(25)16-4-5-18(28-16)23(26)27/h2-5,10-11H,6-9,12H2,1H3. The first-order valence-corrected chi connectivity index (χ1v) is 9.20. The van der Waals surface area contributed by atoms with Crippen molar-refractivity contribution in [3.05, 3.63) is 73.8 Å². The number of hydrogen-bond donors (Lipinski definition) is 0. The average Bonchev–Trinajstić information content (AvgIpc) is 3.18. The Labute approximate surface area is 165 Å². The number of furan rings is 1. The van der Waals surface area contributed by atoms with Gasteiger partial charge in [-0.2, -0.15) is 0 Å². The van der Waals surface area contributed by atoms with E-state index in [-0.39, 0.29) is 17.3 Å². The molecule has 1 aliphatic heterocycles. The lowest BCUT2D eigenvalue weighted by atomic mass is 10.1. The van der Waals surface area contributed by atoms with Gasteiger partial charge in [-0.1, -0.05) is 12.1 Å². The molecule has 9 heteroatoms. The van der Waals surface area contributed by atoms with Crippen molar-refractivity contribution in [3.8, 4) is 0 Å². The quantitative estimate of drug-likeness (QED) is 0.378. The van der Waals surface area contributed by atoms with E-state index in [1.54, 1.807) is 4.90 Å². The molecule has 0 unspecified atom stereocenters. The molecule has 3 heterocycles. The fourth-order valence-corrected chi connectivity index (χ4v) is 3.51. The van der Waals surface area contributed by atoms with Crippen LogP contribution in [0.5, 0.6) is 0 Å². The summed E-state index contributed by atoms with van der Waals surface area (Å²) in [4.78, 5) is 38.2. The molecule has 29 heavy (non-hydrogen) atoms. The smallest absolute Gasteiger partial charge is 0.423 e. The van der Waals surface area contributed by atoms with Crippen LogP contribution in [0, 0.1) is 17.0 Å². The van der Waals surface area contributed by atoms with Gasteiger partial charge in [0.15, 0.2) is 5.76 Å².